The third-order valence-corrected chi connectivity index (χ3v) is 3.29. The van der Waals surface area contributed by atoms with Gasteiger partial charge in [0.1, 0.15) is 6.61 Å². The number of nitrogens with zero attached hydrogens (tertiary/aromatic N) is 2. The van der Waals surface area contributed by atoms with Crippen LogP contribution >= 0.6 is 0 Å². The second kappa shape index (κ2) is 6.52. The SMILES string of the molecule is CCCN(C(C)=O)c1ccc(N2CCOCC2=O)cc1. The zero-order valence-electron chi connectivity index (χ0n) is 12.0. The highest BCUT2D eigenvalue weighted by molar-refractivity contribution is 5.96. The fourth-order valence-electron chi connectivity index (χ4n) is 2.30. The second-order valence-corrected chi connectivity index (χ2v) is 4.79. The molecule has 5 heteroatoms. The molecule has 0 bridgehead atoms. The fraction of sp³-hybridized carbons (Fsp3) is 0.467. The highest BCUT2D eigenvalue weighted by Crippen LogP contribution is 2.22. The minimum absolute atomic E-state index is 0.0269. The molecule has 108 valence electrons. The average molecular weight is 276 g/mol. The van der Waals surface area contributed by atoms with Gasteiger partial charge in [-0.05, 0) is 30.7 Å². The van der Waals surface area contributed by atoms with Crippen LogP contribution in [0.1, 0.15) is 20.3 Å². The van der Waals surface area contributed by atoms with Gasteiger partial charge in [0.15, 0.2) is 0 Å². The third-order valence-electron chi connectivity index (χ3n) is 3.29. The topological polar surface area (TPSA) is 49.9 Å². The van der Waals surface area contributed by atoms with Crippen LogP contribution in [0.4, 0.5) is 11.4 Å². The molecule has 1 heterocycles. The van der Waals surface area contributed by atoms with Gasteiger partial charge in [-0.3, -0.25) is 9.59 Å². The summed E-state index contributed by atoms with van der Waals surface area (Å²) in [7, 11) is 0. The maximum Gasteiger partial charge on any atom is 0.253 e. The van der Waals surface area contributed by atoms with Crippen molar-refractivity contribution in [1.82, 2.24) is 0 Å². The van der Waals surface area contributed by atoms with E-state index in [0.29, 0.717) is 19.7 Å². The molecule has 1 saturated heterocycles. The Hall–Kier alpha value is -1.88. The predicted octanol–water partition coefficient (Wildman–Crippen LogP) is 1.81. The lowest BCUT2D eigenvalue weighted by molar-refractivity contribution is -0.125. The fourth-order valence-corrected chi connectivity index (χ4v) is 2.30. The van der Waals surface area contributed by atoms with Gasteiger partial charge in [-0.15, -0.1) is 0 Å². The van der Waals surface area contributed by atoms with Crippen molar-refractivity contribution in [3.8, 4) is 0 Å². The molecule has 1 aromatic rings. The van der Waals surface area contributed by atoms with E-state index in [-0.39, 0.29) is 18.4 Å². The Morgan fingerprint density at radius 2 is 2.05 bits per heavy atom. The Bertz CT molecular complexity index is 461. The number of benzene rings is 1. The van der Waals surface area contributed by atoms with Crippen LogP contribution < -0.4 is 9.80 Å². The maximum atomic E-state index is 11.8. The zero-order valence-corrected chi connectivity index (χ0v) is 12.0. The molecular formula is C15H20N2O3. The summed E-state index contributed by atoms with van der Waals surface area (Å²) in [6.45, 7) is 5.57. The van der Waals surface area contributed by atoms with Crippen LogP contribution in [0, 0.1) is 0 Å². The molecule has 5 nitrogen and oxygen atoms in total. The highest BCUT2D eigenvalue weighted by atomic mass is 16.5. The van der Waals surface area contributed by atoms with Gasteiger partial charge in [0.25, 0.3) is 5.91 Å². The summed E-state index contributed by atoms with van der Waals surface area (Å²) in [5.74, 6) is 0.00281. The van der Waals surface area contributed by atoms with Crippen molar-refractivity contribution in [3.63, 3.8) is 0 Å². The molecule has 0 atom stereocenters. The quantitative estimate of drug-likeness (QED) is 0.842. The molecule has 1 aliphatic rings. The van der Waals surface area contributed by atoms with Gasteiger partial charge in [-0.2, -0.15) is 0 Å². The van der Waals surface area contributed by atoms with E-state index in [0.717, 1.165) is 17.8 Å². The van der Waals surface area contributed by atoms with Crippen molar-refractivity contribution in [1.29, 1.82) is 0 Å². The van der Waals surface area contributed by atoms with Crippen LogP contribution in [-0.2, 0) is 14.3 Å². The van der Waals surface area contributed by atoms with Gasteiger partial charge in [0.05, 0.1) is 6.61 Å². The molecule has 1 fully saturated rings. The van der Waals surface area contributed by atoms with Crippen LogP contribution in [0.25, 0.3) is 0 Å². The summed E-state index contributed by atoms with van der Waals surface area (Å²) in [4.78, 5) is 26.8. The van der Waals surface area contributed by atoms with Gasteiger partial charge in [-0.1, -0.05) is 6.92 Å². The largest absolute Gasteiger partial charge is 0.370 e. The van der Waals surface area contributed by atoms with Crippen molar-refractivity contribution in [2.45, 2.75) is 20.3 Å². The molecule has 0 N–H and O–H groups in total. The van der Waals surface area contributed by atoms with Crippen molar-refractivity contribution >= 4 is 23.2 Å². The number of morpholine rings is 1. The van der Waals surface area contributed by atoms with E-state index in [4.69, 9.17) is 4.74 Å². The number of hydrogen-bond acceptors (Lipinski definition) is 3. The van der Waals surface area contributed by atoms with Crippen molar-refractivity contribution in [2.24, 2.45) is 0 Å². The Morgan fingerprint density at radius 3 is 2.60 bits per heavy atom. The van der Waals surface area contributed by atoms with Crippen LogP contribution in [0.15, 0.2) is 24.3 Å². The van der Waals surface area contributed by atoms with E-state index in [1.54, 1.807) is 16.7 Å². The first kappa shape index (κ1) is 14.5. The Kier molecular flexibility index (Phi) is 4.74. The lowest BCUT2D eigenvalue weighted by atomic mass is 10.2. The Labute approximate surface area is 119 Å². The predicted molar refractivity (Wildman–Crippen MR) is 77.9 cm³/mol. The lowest BCUT2D eigenvalue weighted by Gasteiger charge is -2.27. The molecule has 1 aliphatic heterocycles. The highest BCUT2D eigenvalue weighted by Gasteiger charge is 2.20. The number of anilines is 2. The first-order valence-corrected chi connectivity index (χ1v) is 6.89. The molecule has 2 rings (SSSR count). The molecule has 0 radical (unpaired) electrons. The molecule has 0 aliphatic carbocycles. The molecule has 0 unspecified atom stereocenters. The van der Waals surface area contributed by atoms with Crippen LogP contribution in [-0.4, -0.2) is 38.1 Å². The minimum Gasteiger partial charge on any atom is -0.370 e. The standard InChI is InChI=1S/C15H20N2O3/c1-3-8-16(12(2)18)13-4-6-14(7-5-13)17-9-10-20-11-15(17)19/h4-7H,3,8-11H2,1-2H3. The zero-order chi connectivity index (χ0) is 14.5. The molecule has 0 spiro atoms. The summed E-state index contributed by atoms with van der Waals surface area (Å²) < 4.78 is 5.11. The molecule has 1 aromatic carbocycles. The molecule has 0 saturated carbocycles. The van der Waals surface area contributed by atoms with Gasteiger partial charge >= 0.3 is 0 Å². The number of ether oxygens (including phenoxy) is 1. The molecular weight excluding hydrogens is 256 g/mol. The van der Waals surface area contributed by atoms with Crippen molar-refractivity contribution in [3.05, 3.63) is 24.3 Å². The lowest BCUT2D eigenvalue weighted by Crippen LogP contribution is -2.41. The number of hydrogen-bond donors (Lipinski definition) is 0. The van der Waals surface area contributed by atoms with Crippen LogP contribution in [0.2, 0.25) is 0 Å². The monoisotopic (exact) mass is 276 g/mol. The maximum absolute atomic E-state index is 11.8. The van der Waals surface area contributed by atoms with Gasteiger partial charge in [0, 0.05) is 31.4 Å². The van der Waals surface area contributed by atoms with E-state index in [2.05, 4.69) is 0 Å². The van der Waals surface area contributed by atoms with E-state index in [9.17, 15) is 9.59 Å². The Morgan fingerprint density at radius 1 is 1.35 bits per heavy atom. The summed E-state index contributed by atoms with van der Waals surface area (Å²) in [5, 5.41) is 0. The number of rotatable bonds is 4. The average Bonchev–Trinajstić information content (AvgIpc) is 2.45. The second-order valence-electron chi connectivity index (χ2n) is 4.79. The van der Waals surface area contributed by atoms with E-state index in [1.807, 2.05) is 31.2 Å². The Balaban J connectivity index is 2.16. The number of carbonyl (C=O) groups is 2. The molecule has 0 aromatic heterocycles. The van der Waals surface area contributed by atoms with Gasteiger partial charge < -0.3 is 14.5 Å². The first-order valence-electron chi connectivity index (χ1n) is 6.89. The van der Waals surface area contributed by atoms with Crippen LogP contribution in [0.5, 0.6) is 0 Å². The summed E-state index contributed by atoms with van der Waals surface area (Å²) in [6.07, 6.45) is 0.906. The third kappa shape index (κ3) is 3.17. The normalized spacial score (nSPS) is 15.3. The summed E-state index contributed by atoms with van der Waals surface area (Å²) in [6, 6.07) is 7.53. The number of carbonyl (C=O) groups excluding carboxylic acids is 2. The first-order chi connectivity index (χ1) is 9.63. The van der Waals surface area contributed by atoms with E-state index >= 15 is 0 Å². The van der Waals surface area contributed by atoms with Crippen molar-refractivity contribution in [2.75, 3.05) is 36.1 Å². The van der Waals surface area contributed by atoms with Crippen molar-refractivity contribution < 1.29 is 14.3 Å². The molecule has 2 amide bonds. The summed E-state index contributed by atoms with van der Waals surface area (Å²) >= 11 is 0. The van der Waals surface area contributed by atoms with Gasteiger partial charge in [0.2, 0.25) is 5.91 Å². The van der Waals surface area contributed by atoms with E-state index in [1.165, 1.54) is 0 Å². The number of amides is 2. The van der Waals surface area contributed by atoms with Crippen LogP contribution in [0.3, 0.4) is 0 Å². The molecule has 20 heavy (non-hydrogen) atoms. The van der Waals surface area contributed by atoms with Gasteiger partial charge in [-0.25, -0.2) is 0 Å². The summed E-state index contributed by atoms with van der Waals surface area (Å²) in [5.41, 5.74) is 1.71. The van der Waals surface area contributed by atoms with E-state index < -0.39 is 0 Å². The minimum atomic E-state index is -0.0269. The smallest absolute Gasteiger partial charge is 0.253 e.